The molecular weight excluding hydrogens is 208 g/mol. The van der Waals surface area contributed by atoms with E-state index in [9.17, 15) is 8.42 Å². The lowest BCUT2D eigenvalue weighted by Gasteiger charge is -2.05. The number of nitrogens with zero attached hydrogens (tertiary/aromatic N) is 1. The molecule has 0 atom stereocenters. The molecule has 72 valence electrons. The number of rotatable bonds is 3. The Labute approximate surface area is 81.4 Å². The van der Waals surface area contributed by atoms with E-state index in [-0.39, 0.29) is 0 Å². The quantitative estimate of drug-likeness (QED) is 0.770. The van der Waals surface area contributed by atoms with Crippen molar-refractivity contribution in [2.45, 2.75) is 6.92 Å². The molecule has 13 heavy (non-hydrogen) atoms. The standard InChI is InChI=1S/C7H10N2O2S2/c1-6-2-5-12-7(6)8-13(10,11)9-3-4-9/h2,5,8H,3-4H2,1H3. The lowest BCUT2D eigenvalue weighted by Crippen LogP contribution is -2.20. The first-order chi connectivity index (χ1) is 6.09. The maximum absolute atomic E-state index is 11.4. The lowest BCUT2D eigenvalue weighted by atomic mass is 10.4. The maximum atomic E-state index is 11.4. The molecule has 0 unspecified atom stereocenters. The van der Waals surface area contributed by atoms with Gasteiger partial charge in [-0.3, -0.25) is 4.72 Å². The highest BCUT2D eigenvalue weighted by atomic mass is 32.2. The van der Waals surface area contributed by atoms with Crippen LogP contribution < -0.4 is 4.72 Å². The fourth-order valence-corrected chi connectivity index (χ4v) is 3.20. The van der Waals surface area contributed by atoms with Gasteiger partial charge in [0.05, 0.1) is 0 Å². The Morgan fingerprint density at radius 3 is 2.69 bits per heavy atom. The van der Waals surface area contributed by atoms with Gasteiger partial charge in [-0.05, 0) is 23.9 Å². The third kappa shape index (κ3) is 1.84. The SMILES string of the molecule is Cc1ccsc1NS(=O)(=O)N1CC1. The molecule has 1 aliphatic rings. The molecule has 0 radical (unpaired) electrons. The molecule has 0 amide bonds. The molecule has 1 aliphatic heterocycles. The van der Waals surface area contributed by atoms with Crippen LogP contribution in [0, 0.1) is 6.92 Å². The molecular formula is C7H10N2O2S2. The van der Waals surface area contributed by atoms with Crippen LogP contribution in [-0.2, 0) is 10.2 Å². The molecule has 0 aliphatic carbocycles. The molecule has 0 saturated carbocycles. The zero-order valence-corrected chi connectivity index (χ0v) is 8.78. The van der Waals surface area contributed by atoms with Crippen LogP contribution in [0.1, 0.15) is 5.56 Å². The molecule has 6 heteroatoms. The van der Waals surface area contributed by atoms with Crippen molar-refractivity contribution in [3.05, 3.63) is 17.0 Å². The van der Waals surface area contributed by atoms with Crippen molar-refractivity contribution < 1.29 is 8.42 Å². The predicted molar refractivity (Wildman–Crippen MR) is 53.2 cm³/mol. The summed E-state index contributed by atoms with van der Waals surface area (Å²) >= 11 is 1.40. The Kier molecular flexibility index (Phi) is 2.05. The van der Waals surface area contributed by atoms with Crippen molar-refractivity contribution in [3.63, 3.8) is 0 Å². The molecule has 0 aromatic carbocycles. The summed E-state index contributed by atoms with van der Waals surface area (Å²) in [5.41, 5.74) is 0.968. The second kappa shape index (κ2) is 2.97. The van der Waals surface area contributed by atoms with Crippen LogP contribution in [0.2, 0.25) is 0 Å². The molecule has 1 aromatic heterocycles. The summed E-state index contributed by atoms with van der Waals surface area (Å²) in [6.07, 6.45) is 0. The molecule has 1 N–H and O–H groups in total. The molecule has 4 nitrogen and oxygen atoms in total. The monoisotopic (exact) mass is 218 g/mol. The Morgan fingerprint density at radius 2 is 2.23 bits per heavy atom. The first-order valence-corrected chi connectivity index (χ1v) is 6.23. The highest BCUT2D eigenvalue weighted by Gasteiger charge is 2.32. The van der Waals surface area contributed by atoms with E-state index in [1.807, 2.05) is 18.4 Å². The Hall–Kier alpha value is -0.590. The van der Waals surface area contributed by atoms with Gasteiger partial charge in [-0.15, -0.1) is 11.3 Å². The predicted octanol–water partition coefficient (Wildman–Crippen LogP) is 1.03. The third-order valence-corrected chi connectivity index (χ3v) is 4.40. The van der Waals surface area contributed by atoms with Gasteiger partial charge in [-0.1, -0.05) is 0 Å². The Balaban J connectivity index is 2.18. The summed E-state index contributed by atoms with van der Waals surface area (Å²) in [5.74, 6) is 0. The van der Waals surface area contributed by atoms with E-state index in [1.54, 1.807) is 0 Å². The zero-order chi connectivity index (χ0) is 9.47. The van der Waals surface area contributed by atoms with Crippen LogP contribution >= 0.6 is 11.3 Å². The van der Waals surface area contributed by atoms with E-state index in [2.05, 4.69) is 4.72 Å². The minimum atomic E-state index is -3.24. The Morgan fingerprint density at radius 1 is 1.54 bits per heavy atom. The summed E-state index contributed by atoms with van der Waals surface area (Å²) in [6.45, 7) is 3.16. The van der Waals surface area contributed by atoms with E-state index in [0.717, 1.165) is 5.56 Å². The lowest BCUT2D eigenvalue weighted by molar-refractivity contribution is 0.569. The average molecular weight is 218 g/mol. The van der Waals surface area contributed by atoms with E-state index in [4.69, 9.17) is 0 Å². The van der Waals surface area contributed by atoms with Crippen LogP contribution in [-0.4, -0.2) is 25.8 Å². The minimum absolute atomic E-state index is 0.639. The van der Waals surface area contributed by atoms with Gasteiger partial charge in [0.2, 0.25) is 0 Å². The molecule has 2 heterocycles. The van der Waals surface area contributed by atoms with Crippen LogP contribution in [0.25, 0.3) is 0 Å². The summed E-state index contributed by atoms with van der Waals surface area (Å²) in [7, 11) is -3.24. The number of aryl methyl sites for hydroxylation is 1. The first kappa shape index (κ1) is 8.98. The van der Waals surface area contributed by atoms with Crippen molar-refractivity contribution in [3.8, 4) is 0 Å². The second-order valence-electron chi connectivity index (χ2n) is 2.94. The summed E-state index contributed by atoms with van der Waals surface area (Å²) in [4.78, 5) is 0. The summed E-state index contributed by atoms with van der Waals surface area (Å²) < 4.78 is 26.8. The van der Waals surface area contributed by atoms with Crippen LogP contribution in [0.5, 0.6) is 0 Å². The smallest absolute Gasteiger partial charge is 0.261 e. The number of hydrogen-bond acceptors (Lipinski definition) is 3. The minimum Gasteiger partial charge on any atom is -0.261 e. The normalized spacial score (nSPS) is 17.3. The van der Waals surface area contributed by atoms with E-state index in [1.165, 1.54) is 15.6 Å². The molecule has 2 rings (SSSR count). The highest BCUT2D eigenvalue weighted by molar-refractivity contribution is 7.90. The van der Waals surface area contributed by atoms with Gasteiger partial charge in [-0.2, -0.15) is 12.7 Å². The van der Waals surface area contributed by atoms with Crippen molar-refractivity contribution in [1.29, 1.82) is 0 Å². The second-order valence-corrected chi connectivity index (χ2v) is 5.53. The van der Waals surface area contributed by atoms with Gasteiger partial charge in [0.15, 0.2) is 0 Å². The molecule has 0 spiro atoms. The van der Waals surface area contributed by atoms with E-state index in [0.29, 0.717) is 18.1 Å². The first-order valence-electron chi connectivity index (χ1n) is 3.91. The van der Waals surface area contributed by atoms with Gasteiger partial charge in [0.25, 0.3) is 0 Å². The van der Waals surface area contributed by atoms with Gasteiger partial charge in [-0.25, -0.2) is 0 Å². The number of thiophene rings is 1. The summed E-state index contributed by atoms with van der Waals surface area (Å²) in [6, 6.07) is 1.89. The van der Waals surface area contributed by atoms with E-state index < -0.39 is 10.2 Å². The van der Waals surface area contributed by atoms with Crippen molar-refractivity contribution in [2.24, 2.45) is 0 Å². The van der Waals surface area contributed by atoms with Gasteiger partial charge < -0.3 is 0 Å². The van der Waals surface area contributed by atoms with E-state index >= 15 is 0 Å². The fraction of sp³-hybridized carbons (Fsp3) is 0.429. The van der Waals surface area contributed by atoms with Crippen LogP contribution in [0.15, 0.2) is 11.4 Å². The molecule has 1 saturated heterocycles. The molecule has 1 aromatic rings. The number of anilines is 1. The number of nitrogens with one attached hydrogen (secondary N) is 1. The fourth-order valence-electron chi connectivity index (χ4n) is 0.940. The molecule has 0 bridgehead atoms. The highest BCUT2D eigenvalue weighted by Crippen LogP contribution is 2.25. The average Bonchev–Trinajstić information content (AvgIpc) is 2.80. The topological polar surface area (TPSA) is 49.2 Å². The van der Waals surface area contributed by atoms with Crippen LogP contribution in [0.4, 0.5) is 5.00 Å². The Bertz CT molecular complexity index is 406. The third-order valence-electron chi connectivity index (χ3n) is 1.83. The molecule has 1 fully saturated rings. The van der Waals surface area contributed by atoms with Gasteiger partial charge >= 0.3 is 10.2 Å². The van der Waals surface area contributed by atoms with Gasteiger partial charge in [0.1, 0.15) is 5.00 Å². The summed E-state index contributed by atoms with van der Waals surface area (Å²) in [5, 5.41) is 2.59. The zero-order valence-electron chi connectivity index (χ0n) is 7.15. The van der Waals surface area contributed by atoms with Crippen molar-refractivity contribution in [2.75, 3.05) is 17.8 Å². The van der Waals surface area contributed by atoms with Gasteiger partial charge in [0, 0.05) is 13.1 Å². The van der Waals surface area contributed by atoms with Crippen molar-refractivity contribution >= 4 is 26.5 Å². The largest absolute Gasteiger partial charge is 0.302 e. The van der Waals surface area contributed by atoms with Crippen molar-refractivity contribution in [1.82, 2.24) is 4.31 Å². The van der Waals surface area contributed by atoms with Crippen LogP contribution in [0.3, 0.4) is 0 Å². The number of hydrogen-bond donors (Lipinski definition) is 1. The maximum Gasteiger partial charge on any atom is 0.302 e.